The number of hydrogen-bond acceptors (Lipinski definition) is 4. The summed E-state index contributed by atoms with van der Waals surface area (Å²) < 4.78 is 1.60. The van der Waals surface area contributed by atoms with E-state index in [1.165, 1.54) is 4.90 Å². The summed E-state index contributed by atoms with van der Waals surface area (Å²) in [5.74, 6) is -1.24. The molecular weight excluding hydrogens is 296 g/mol. The first-order valence-electron chi connectivity index (χ1n) is 7.42. The number of carbonyl (C=O) groups excluding carboxylic acids is 1. The van der Waals surface area contributed by atoms with E-state index in [0.29, 0.717) is 5.69 Å². The summed E-state index contributed by atoms with van der Waals surface area (Å²) in [7, 11) is 0. The maximum Gasteiger partial charge on any atom is 0.305 e. The fourth-order valence-corrected chi connectivity index (χ4v) is 2.29. The Balaban J connectivity index is 2.28. The number of nitrogens with zero attached hydrogens (tertiary/aromatic N) is 4. The minimum atomic E-state index is -0.937. The number of amides is 1. The molecule has 2 aromatic rings. The minimum absolute atomic E-state index is 0.101. The van der Waals surface area contributed by atoms with Gasteiger partial charge in [0.05, 0.1) is 17.8 Å². The van der Waals surface area contributed by atoms with Gasteiger partial charge in [-0.25, -0.2) is 4.68 Å². The Kier molecular flexibility index (Phi) is 5.10. The number of benzene rings is 1. The van der Waals surface area contributed by atoms with E-state index in [1.807, 2.05) is 44.2 Å². The van der Waals surface area contributed by atoms with Gasteiger partial charge in [0.25, 0.3) is 5.91 Å². The fraction of sp³-hybridized carbons (Fsp3) is 0.375. The number of carbonyl (C=O) groups is 2. The Hall–Kier alpha value is -2.70. The third-order valence-corrected chi connectivity index (χ3v) is 3.55. The molecule has 7 nitrogen and oxygen atoms in total. The van der Waals surface area contributed by atoms with Crippen LogP contribution in [0.3, 0.4) is 0 Å². The van der Waals surface area contributed by atoms with Crippen LogP contribution in [0.15, 0.2) is 30.3 Å². The quantitative estimate of drug-likeness (QED) is 0.879. The first-order chi connectivity index (χ1) is 10.9. The summed E-state index contributed by atoms with van der Waals surface area (Å²) in [5.41, 5.74) is 1.69. The molecule has 0 aliphatic carbocycles. The Morgan fingerprint density at radius 3 is 2.48 bits per heavy atom. The second kappa shape index (κ2) is 7.04. The third kappa shape index (κ3) is 3.74. The van der Waals surface area contributed by atoms with Gasteiger partial charge < -0.3 is 10.0 Å². The molecule has 0 atom stereocenters. The molecule has 2 rings (SSSR count). The van der Waals surface area contributed by atoms with Gasteiger partial charge in [0.15, 0.2) is 5.69 Å². The van der Waals surface area contributed by atoms with Crippen LogP contribution in [-0.2, 0) is 4.79 Å². The van der Waals surface area contributed by atoms with E-state index in [9.17, 15) is 9.59 Å². The average molecular weight is 316 g/mol. The highest BCUT2D eigenvalue weighted by Crippen LogP contribution is 2.15. The van der Waals surface area contributed by atoms with E-state index in [2.05, 4.69) is 10.3 Å². The topological polar surface area (TPSA) is 88.3 Å². The van der Waals surface area contributed by atoms with Crippen LogP contribution in [0.4, 0.5) is 0 Å². The number of aromatic nitrogens is 3. The molecule has 23 heavy (non-hydrogen) atoms. The van der Waals surface area contributed by atoms with E-state index < -0.39 is 5.97 Å². The van der Waals surface area contributed by atoms with Crippen molar-refractivity contribution in [3.05, 3.63) is 41.7 Å². The van der Waals surface area contributed by atoms with Crippen molar-refractivity contribution in [3.63, 3.8) is 0 Å². The zero-order valence-corrected chi connectivity index (χ0v) is 13.4. The van der Waals surface area contributed by atoms with Crippen molar-refractivity contribution < 1.29 is 14.7 Å². The van der Waals surface area contributed by atoms with Crippen LogP contribution in [0, 0.1) is 6.92 Å². The Bertz CT molecular complexity index is 695. The predicted octanol–water partition coefficient (Wildman–Crippen LogP) is 1.90. The number of aliphatic carboxylic acids is 1. The molecule has 122 valence electrons. The molecule has 0 aliphatic heterocycles. The third-order valence-electron chi connectivity index (χ3n) is 3.55. The molecule has 1 aromatic heterocycles. The van der Waals surface area contributed by atoms with Crippen molar-refractivity contribution in [2.45, 2.75) is 33.2 Å². The van der Waals surface area contributed by atoms with Crippen LogP contribution < -0.4 is 0 Å². The zero-order chi connectivity index (χ0) is 17.0. The summed E-state index contributed by atoms with van der Waals surface area (Å²) in [5, 5.41) is 16.9. The van der Waals surface area contributed by atoms with Gasteiger partial charge in [-0.05, 0) is 32.9 Å². The highest BCUT2D eigenvalue weighted by atomic mass is 16.4. The van der Waals surface area contributed by atoms with Crippen LogP contribution >= 0.6 is 0 Å². The molecule has 1 N–H and O–H groups in total. The largest absolute Gasteiger partial charge is 0.481 e. The van der Waals surface area contributed by atoms with E-state index in [4.69, 9.17) is 5.11 Å². The van der Waals surface area contributed by atoms with Crippen molar-refractivity contribution in [2.24, 2.45) is 0 Å². The number of carboxylic acids is 1. The molecule has 0 spiro atoms. The summed E-state index contributed by atoms with van der Waals surface area (Å²) in [6.07, 6.45) is -0.101. The molecule has 1 heterocycles. The first kappa shape index (κ1) is 16.7. The Morgan fingerprint density at radius 2 is 1.91 bits per heavy atom. The maximum atomic E-state index is 12.7. The molecule has 0 saturated heterocycles. The molecule has 0 bridgehead atoms. The van der Waals surface area contributed by atoms with Crippen molar-refractivity contribution in [2.75, 3.05) is 6.54 Å². The molecule has 0 unspecified atom stereocenters. The van der Waals surface area contributed by atoms with Crippen LogP contribution in [0.5, 0.6) is 0 Å². The maximum absolute atomic E-state index is 12.7. The van der Waals surface area contributed by atoms with Crippen molar-refractivity contribution in [1.29, 1.82) is 0 Å². The SMILES string of the molecule is Cc1c(C(=O)N(CCC(=O)O)C(C)C)nnn1-c1ccccc1. The van der Waals surface area contributed by atoms with Crippen LogP contribution in [0.25, 0.3) is 5.69 Å². The van der Waals surface area contributed by atoms with Crippen molar-refractivity contribution in [1.82, 2.24) is 19.9 Å². The zero-order valence-electron chi connectivity index (χ0n) is 13.4. The van der Waals surface area contributed by atoms with Crippen molar-refractivity contribution >= 4 is 11.9 Å². The van der Waals surface area contributed by atoms with E-state index in [1.54, 1.807) is 11.6 Å². The molecule has 1 amide bonds. The highest BCUT2D eigenvalue weighted by molar-refractivity contribution is 5.93. The lowest BCUT2D eigenvalue weighted by Crippen LogP contribution is -2.39. The summed E-state index contributed by atoms with van der Waals surface area (Å²) in [6, 6.07) is 9.29. The van der Waals surface area contributed by atoms with Gasteiger partial charge in [0.2, 0.25) is 0 Å². The monoisotopic (exact) mass is 316 g/mol. The number of para-hydroxylation sites is 1. The lowest BCUT2D eigenvalue weighted by Gasteiger charge is -2.25. The van der Waals surface area contributed by atoms with Crippen LogP contribution in [-0.4, -0.2) is 49.5 Å². The van der Waals surface area contributed by atoms with Gasteiger partial charge in [-0.15, -0.1) is 5.10 Å². The second-order valence-electron chi connectivity index (χ2n) is 5.51. The van der Waals surface area contributed by atoms with Gasteiger partial charge >= 0.3 is 5.97 Å². The van der Waals surface area contributed by atoms with Crippen molar-refractivity contribution in [3.8, 4) is 5.69 Å². The fourth-order valence-electron chi connectivity index (χ4n) is 2.29. The summed E-state index contributed by atoms with van der Waals surface area (Å²) in [6.45, 7) is 5.60. The van der Waals surface area contributed by atoms with Gasteiger partial charge in [-0.2, -0.15) is 0 Å². The lowest BCUT2D eigenvalue weighted by atomic mass is 10.2. The Labute approximate surface area is 134 Å². The second-order valence-corrected chi connectivity index (χ2v) is 5.51. The molecule has 0 aliphatic rings. The van der Waals surface area contributed by atoms with E-state index in [0.717, 1.165) is 5.69 Å². The molecule has 7 heteroatoms. The standard InChI is InChI=1S/C16H20N4O3/c1-11(2)19(10-9-14(21)22)16(23)15-12(3)20(18-17-15)13-7-5-4-6-8-13/h4-8,11H,9-10H2,1-3H3,(H,21,22). The normalized spacial score (nSPS) is 10.8. The number of rotatable bonds is 6. The lowest BCUT2D eigenvalue weighted by molar-refractivity contribution is -0.137. The number of hydrogen-bond donors (Lipinski definition) is 1. The minimum Gasteiger partial charge on any atom is -0.481 e. The van der Waals surface area contributed by atoms with Gasteiger partial charge in [0.1, 0.15) is 0 Å². The molecule has 0 fully saturated rings. The predicted molar refractivity (Wildman–Crippen MR) is 84.5 cm³/mol. The first-order valence-corrected chi connectivity index (χ1v) is 7.42. The van der Waals surface area contributed by atoms with Crippen LogP contribution in [0.1, 0.15) is 36.5 Å². The smallest absolute Gasteiger partial charge is 0.305 e. The average Bonchev–Trinajstić information content (AvgIpc) is 2.89. The van der Waals surface area contributed by atoms with E-state index in [-0.39, 0.29) is 30.6 Å². The molecule has 0 saturated carbocycles. The number of carboxylic acid groups (broad SMARTS) is 1. The summed E-state index contributed by atoms with van der Waals surface area (Å²) in [4.78, 5) is 25.0. The van der Waals surface area contributed by atoms with Crippen LogP contribution in [0.2, 0.25) is 0 Å². The van der Waals surface area contributed by atoms with Gasteiger partial charge in [-0.3, -0.25) is 9.59 Å². The molecule has 0 radical (unpaired) electrons. The van der Waals surface area contributed by atoms with Gasteiger partial charge in [-0.1, -0.05) is 23.4 Å². The van der Waals surface area contributed by atoms with E-state index >= 15 is 0 Å². The highest BCUT2D eigenvalue weighted by Gasteiger charge is 2.25. The molecule has 1 aromatic carbocycles. The summed E-state index contributed by atoms with van der Waals surface area (Å²) >= 11 is 0. The Morgan fingerprint density at radius 1 is 1.26 bits per heavy atom. The molecular formula is C16H20N4O3. The van der Waals surface area contributed by atoms with Gasteiger partial charge in [0, 0.05) is 12.6 Å².